The number of ether oxygens (including phenoxy) is 1. The van der Waals surface area contributed by atoms with Crippen LogP contribution in [0, 0.1) is 11.8 Å². The first-order valence-electron chi connectivity index (χ1n) is 23.1. The van der Waals surface area contributed by atoms with Gasteiger partial charge >= 0.3 is 0 Å². The third-order valence-electron chi connectivity index (χ3n) is 13.4. The summed E-state index contributed by atoms with van der Waals surface area (Å²) in [7, 11) is 0. The first-order valence-corrected chi connectivity index (χ1v) is 23.1. The molecule has 2 saturated carbocycles. The van der Waals surface area contributed by atoms with E-state index in [1.807, 2.05) is 0 Å². The Bertz CT molecular complexity index is 1770. The predicted octanol–water partition coefficient (Wildman–Crippen LogP) is -7.69. The van der Waals surface area contributed by atoms with Gasteiger partial charge in [0.2, 0.25) is 29.5 Å². The molecule has 0 spiro atoms. The van der Waals surface area contributed by atoms with E-state index in [1.165, 1.54) is 0 Å². The Morgan fingerprint density at radius 3 is 1.90 bits per heavy atom. The van der Waals surface area contributed by atoms with E-state index in [1.54, 1.807) is 0 Å². The van der Waals surface area contributed by atoms with Gasteiger partial charge in [-0.15, -0.1) is 0 Å². The number of carbonyl (C=O) groups excluding carboxylic acids is 6. The molecule has 5 rings (SSSR count). The molecule has 0 aromatic carbocycles. The summed E-state index contributed by atoms with van der Waals surface area (Å²) < 4.78 is 5.67. The summed E-state index contributed by atoms with van der Waals surface area (Å²) in [4.78, 5) is 89.9. The number of hydrogen-bond donors (Lipinski definition) is 16. The third kappa shape index (κ3) is 13.7. The normalized spacial score (nSPS) is 29.1. The zero-order valence-corrected chi connectivity index (χ0v) is 37.4. The first-order chi connectivity index (χ1) is 32.0. The lowest BCUT2D eigenvalue weighted by Gasteiger charge is -2.46. The van der Waals surface area contributed by atoms with Crippen LogP contribution in [0.5, 0.6) is 0 Å². The van der Waals surface area contributed by atoms with Crippen molar-refractivity contribution in [1.82, 2.24) is 36.8 Å². The highest BCUT2D eigenvalue weighted by molar-refractivity contribution is 5.97. The molecule has 19 N–H and O–H groups in total. The van der Waals surface area contributed by atoms with Crippen LogP contribution >= 0.6 is 0 Å². The second kappa shape index (κ2) is 25.0. The van der Waals surface area contributed by atoms with Gasteiger partial charge in [-0.3, -0.25) is 34.0 Å². The number of aliphatic hydroxyl groups is 7. The van der Waals surface area contributed by atoms with E-state index in [4.69, 9.17) is 21.9 Å². The zero-order valence-electron chi connectivity index (χ0n) is 37.4. The summed E-state index contributed by atoms with van der Waals surface area (Å²) in [5.41, 5.74) is 18.4. The van der Waals surface area contributed by atoms with E-state index >= 15 is 0 Å². The molecule has 9 unspecified atom stereocenters. The fourth-order valence-corrected chi connectivity index (χ4v) is 9.54. The Hall–Kier alpha value is -4.80. The molecular weight excluding hydrogens is 885 g/mol. The van der Waals surface area contributed by atoms with Gasteiger partial charge in [0.15, 0.2) is 18.1 Å². The summed E-state index contributed by atoms with van der Waals surface area (Å²) in [6.45, 7) is -3.00. The SMILES string of the molecule is NC1=NCC(C(O)[C@H](NC(=O)[C@H](CC2CCCCC2)NC(=O)[C@@H](N)CC2CCCCC2)C(=O)N[C@H](C(=O)N[C@@H](CO)C(=O)NCC=O)C(O)C2CN=C(N)N2C2OC(CO)C(O)C(O)C2O)N1. The van der Waals surface area contributed by atoms with Crippen LogP contribution in [0.1, 0.15) is 77.0 Å². The highest BCUT2D eigenvalue weighted by atomic mass is 16.6. The lowest BCUT2D eigenvalue weighted by atomic mass is 9.83. The predicted molar refractivity (Wildman–Crippen MR) is 236 cm³/mol. The molecule has 14 atom stereocenters. The van der Waals surface area contributed by atoms with Crippen molar-refractivity contribution in [1.29, 1.82) is 0 Å². The number of aliphatic hydroxyl groups excluding tert-OH is 7. The molecule has 2 aliphatic carbocycles. The number of hydrogen-bond acceptors (Lipinski definition) is 21. The highest BCUT2D eigenvalue weighted by Gasteiger charge is 2.52. The minimum Gasteiger partial charge on any atom is -0.394 e. The van der Waals surface area contributed by atoms with Crippen molar-refractivity contribution in [2.75, 3.05) is 32.8 Å². The summed E-state index contributed by atoms with van der Waals surface area (Å²) in [5, 5.41) is 90.6. The molecular formula is C41H70N12O14. The molecule has 3 aliphatic heterocycles. The van der Waals surface area contributed by atoms with Crippen molar-refractivity contribution in [3.8, 4) is 0 Å². The number of carbonyl (C=O) groups is 6. The van der Waals surface area contributed by atoms with Gasteiger partial charge in [-0.25, -0.2) is 0 Å². The second-order valence-electron chi connectivity index (χ2n) is 18.1. The number of amides is 5. The summed E-state index contributed by atoms with van der Waals surface area (Å²) in [6, 6.07) is -10.7. The van der Waals surface area contributed by atoms with Crippen LogP contribution in [0.4, 0.5) is 0 Å². The summed E-state index contributed by atoms with van der Waals surface area (Å²) in [5.74, 6) is -5.35. The topological polar surface area (TPSA) is 431 Å². The second-order valence-corrected chi connectivity index (χ2v) is 18.1. The van der Waals surface area contributed by atoms with Crippen molar-refractivity contribution in [3.05, 3.63) is 0 Å². The van der Waals surface area contributed by atoms with Crippen LogP contribution in [0.25, 0.3) is 0 Å². The van der Waals surface area contributed by atoms with Crippen LogP contribution in [0.2, 0.25) is 0 Å². The van der Waals surface area contributed by atoms with Crippen molar-refractivity contribution in [2.45, 2.75) is 162 Å². The maximum atomic E-state index is 14.7. The molecule has 0 bridgehead atoms. The largest absolute Gasteiger partial charge is 0.394 e. The Labute approximate surface area is 387 Å². The van der Waals surface area contributed by atoms with E-state index in [9.17, 15) is 64.5 Å². The number of rotatable bonds is 22. The molecule has 3 fully saturated rings. The highest BCUT2D eigenvalue weighted by Crippen LogP contribution is 2.31. The lowest BCUT2D eigenvalue weighted by Crippen LogP contribution is -2.70. The van der Waals surface area contributed by atoms with Gasteiger partial charge in [0.05, 0.1) is 51.0 Å². The van der Waals surface area contributed by atoms with Crippen LogP contribution < -0.4 is 49.1 Å². The lowest BCUT2D eigenvalue weighted by molar-refractivity contribution is -0.260. The number of guanidine groups is 2. The van der Waals surface area contributed by atoms with E-state index < -0.39 is 147 Å². The Morgan fingerprint density at radius 1 is 0.731 bits per heavy atom. The number of aldehydes is 1. The summed E-state index contributed by atoms with van der Waals surface area (Å²) in [6.07, 6.45) is -2.54. The van der Waals surface area contributed by atoms with E-state index in [-0.39, 0.29) is 30.8 Å². The number of nitrogens with two attached hydrogens (primary N) is 3. The first kappa shape index (κ1) is 53.2. The Morgan fingerprint density at radius 2 is 1.31 bits per heavy atom. The minimum absolute atomic E-state index is 0.0143. The molecule has 26 nitrogen and oxygen atoms in total. The molecule has 67 heavy (non-hydrogen) atoms. The standard InChI is InChI=1S/C41H70N12O14/c42-21(13-19-7-3-1-4-8-19)34(62)48-22(14-20-9-5-2-6-10-20)36(64)51-27(29(57)23-15-46-40(43)50-23)38(66)52-28(37(65)49-24(17-55)35(63)45-11-12-54)30(58)25-16-47-41(44)53(25)39-33(61)32(60)31(59)26(18-56)67-39/h12,19-33,39,55-61H,1-11,13-18,42H2,(H2,44,47)(H,45,63)(H,48,62)(H,49,65)(H,51,64)(H,52,66)(H3,43,46,50)/t21-,22-,23?,24-,25?,26?,27-,28-,29?,30?,31?,32?,33?,39?/m0/s1. The molecule has 378 valence electrons. The average molecular weight is 955 g/mol. The smallest absolute Gasteiger partial charge is 0.246 e. The molecule has 5 amide bonds. The molecule has 1 saturated heterocycles. The molecule has 0 aromatic heterocycles. The van der Waals surface area contributed by atoms with Crippen molar-refractivity contribution in [2.24, 2.45) is 39.0 Å². The van der Waals surface area contributed by atoms with Crippen molar-refractivity contribution >= 4 is 47.7 Å². The van der Waals surface area contributed by atoms with E-state index in [0.717, 1.165) is 69.1 Å². The van der Waals surface area contributed by atoms with Gasteiger partial charge in [-0.05, 0) is 24.7 Å². The minimum atomic E-state index is -2.20. The number of nitrogens with one attached hydrogen (secondary N) is 6. The maximum Gasteiger partial charge on any atom is 0.246 e. The average Bonchev–Trinajstić information content (AvgIpc) is 3.94. The number of aliphatic imine (C=N–C) groups is 2. The van der Waals surface area contributed by atoms with Gasteiger partial charge in [0.25, 0.3) is 0 Å². The van der Waals surface area contributed by atoms with Crippen LogP contribution in [0.15, 0.2) is 9.98 Å². The van der Waals surface area contributed by atoms with Gasteiger partial charge in [-0.2, -0.15) is 0 Å². The van der Waals surface area contributed by atoms with Gasteiger partial charge in [-0.1, -0.05) is 64.2 Å². The monoisotopic (exact) mass is 955 g/mol. The molecule has 0 aromatic rings. The van der Waals surface area contributed by atoms with Gasteiger partial charge in [0.1, 0.15) is 67.1 Å². The molecule has 3 heterocycles. The Kier molecular flexibility index (Phi) is 19.8. The van der Waals surface area contributed by atoms with Crippen molar-refractivity contribution < 1.29 is 69.2 Å². The van der Waals surface area contributed by atoms with E-state index in [0.29, 0.717) is 12.7 Å². The molecule has 26 heteroatoms. The fraction of sp³-hybridized carbons (Fsp3) is 0.805. The Balaban J connectivity index is 1.46. The van der Waals surface area contributed by atoms with Crippen LogP contribution in [-0.2, 0) is 33.5 Å². The number of nitrogens with zero attached hydrogens (tertiary/aromatic N) is 3. The van der Waals surface area contributed by atoms with Crippen molar-refractivity contribution in [3.63, 3.8) is 0 Å². The molecule has 0 radical (unpaired) electrons. The zero-order chi connectivity index (χ0) is 48.9. The van der Waals surface area contributed by atoms with E-state index in [2.05, 4.69) is 41.9 Å². The molecule has 5 aliphatic rings. The maximum absolute atomic E-state index is 14.7. The fourth-order valence-electron chi connectivity index (χ4n) is 9.54. The quantitative estimate of drug-likeness (QED) is 0.0448. The van der Waals surface area contributed by atoms with Crippen LogP contribution in [-0.4, -0.2) is 206 Å². The van der Waals surface area contributed by atoms with Gasteiger partial charge < -0.3 is 99.3 Å². The van der Waals surface area contributed by atoms with Gasteiger partial charge in [0, 0.05) is 0 Å². The third-order valence-corrected chi connectivity index (χ3v) is 13.4. The summed E-state index contributed by atoms with van der Waals surface area (Å²) >= 11 is 0. The van der Waals surface area contributed by atoms with Crippen LogP contribution in [0.3, 0.4) is 0 Å².